The number of primary sulfonamides is 1. The van der Waals surface area contributed by atoms with Gasteiger partial charge in [0.1, 0.15) is 0 Å². The molecule has 0 aromatic rings. The predicted molar refractivity (Wildman–Crippen MR) is 59.5 cm³/mol. The quantitative estimate of drug-likeness (QED) is 0.733. The van der Waals surface area contributed by atoms with Crippen LogP contribution in [0.3, 0.4) is 0 Å². The van der Waals surface area contributed by atoms with Gasteiger partial charge in [0.25, 0.3) is 0 Å². The zero-order valence-corrected chi connectivity index (χ0v) is 9.46. The summed E-state index contributed by atoms with van der Waals surface area (Å²) < 4.78 is 27.7. The molecule has 1 aliphatic carbocycles. The second-order valence-electron chi connectivity index (χ2n) is 3.37. The van der Waals surface area contributed by atoms with Crippen LogP contribution in [0.4, 0.5) is 0 Å². The molecule has 5 heteroatoms. The molecule has 0 spiro atoms. The standard InChI is InChI=1S/C10H15NO3S/c1-3-4-9-5-7-10(14-2,8-6-9)15(11,12)13/h3,5-7H,1,4,8H2,2H3,(H2,11,12,13). The molecule has 0 heterocycles. The van der Waals surface area contributed by atoms with Crippen LogP contribution in [-0.2, 0) is 14.8 Å². The van der Waals surface area contributed by atoms with Crippen LogP contribution in [-0.4, -0.2) is 20.5 Å². The van der Waals surface area contributed by atoms with Gasteiger partial charge >= 0.3 is 0 Å². The molecule has 4 nitrogen and oxygen atoms in total. The number of hydrogen-bond acceptors (Lipinski definition) is 3. The van der Waals surface area contributed by atoms with Gasteiger partial charge in [0.05, 0.1) is 0 Å². The highest BCUT2D eigenvalue weighted by Gasteiger charge is 2.39. The highest BCUT2D eigenvalue weighted by molar-refractivity contribution is 7.90. The summed E-state index contributed by atoms with van der Waals surface area (Å²) in [4.78, 5) is -1.41. The Bertz CT molecular complexity index is 408. The van der Waals surface area contributed by atoms with Crippen molar-refractivity contribution in [3.05, 3.63) is 36.5 Å². The minimum Gasteiger partial charge on any atom is -0.357 e. The van der Waals surface area contributed by atoms with Crippen molar-refractivity contribution in [2.45, 2.75) is 17.8 Å². The highest BCUT2D eigenvalue weighted by atomic mass is 32.2. The van der Waals surface area contributed by atoms with Crippen LogP contribution in [0.25, 0.3) is 0 Å². The molecule has 0 aliphatic heterocycles. The monoisotopic (exact) mass is 229 g/mol. The van der Waals surface area contributed by atoms with E-state index in [9.17, 15) is 8.42 Å². The van der Waals surface area contributed by atoms with Gasteiger partial charge in [0, 0.05) is 13.5 Å². The van der Waals surface area contributed by atoms with Gasteiger partial charge in [-0.1, -0.05) is 18.2 Å². The highest BCUT2D eigenvalue weighted by Crippen LogP contribution is 2.29. The lowest BCUT2D eigenvalue weighted by Gasteiger charge is -2.28. The van der Waals surface area contributed by atoms with Crippen molar-refractivity contribution < 1.29 is 13.2 Å². The van der Waals surface area contributed by atoms with E-state index in [1.165, 1.54) is 13.2 Å². The predicted octanol–water partition coefficient (Wildman–Crippen LogP) is 1.08. The maximum Gasteiger partial charge on any atom is 0.243 e. The van der Waals surface area contributed by atoms with E-state index in [2.05, 4.69) is 6.58 Å². The van der Waals surface area contributed by atoms with Crippen LogP contribution >= 0.6 is 0 Å². The second kappa shape index (κ2) is 4.30. The summed E-state index contributed by atoms with van der Waals surface area (Å²) in [6, 6.07) is 0. The average Bonchev–Trinajstić information content (AvgIpc) is 2.18. The molecule has 1 atom stereocenters. The zero-order valence-electron chi connectivity index (χ0n) is 8.64. The first-order valence-corrected chi connectivity index (χ1v) is 6.06. The summed E-state index contributed by atoms with van der Waals surface area (Å²) in [5.41, 5.74) is 1.02. The minimum atomic E-state index is -3.76. The number of allylic oxidation sites excluding steroid dienone is 3. The Hall–Kier alpha value is -0.910. The molecule has 1 rings (SSSR count). The topological polar surface area (TPSA) is 69.4 Å². The lowest BCUT2D eigenvalue weighted by molar-refractivity contribution is 0.102. The maximum atomic E-state index is 11.4. The third-order valence-electron chi connectivity index (χ3n) is 2.41. The van der Waals surface area contributed by atoms with E-state index >= 15 is 0 Å². The smallest absolute Gasteiger partial charge is 0.243 e. The lowest BCUT2D eigenvalue weighted by atomic mass is 10.0. The molecule has 1 aliphatic rings. The van der Waals surface area contributed by atoms with Gasteiger partial charge in [-0.2, -0.15) is 0 Å². The lowest BCUT2D eigenvalue weighted by Crippen LogP contribution is -2.43. The van der Waals surface area contributed by atoms with E-state index in [-0.39, 0.29) is 6.42 Å². The molecule has 0 aromatic heterocycles. The summed E-state index contributed by atoms with van der Waals surface area (Å²) in [6.45, 7) is 3.61. The van der Waals surface area contributed by atoms with Crippen molar-refractivity contribution in [1.29, 1.82) is 0 Å². The van der Waals surface area contributed by atoms with Gasteiger partial charge in [-0.3, -0.25) is 0 Å². The Morgan fingerprint density at radius 1 is 1.73 bits per heavy atom. The van der Waals surface area contributed by atoms with Crippen LogP contribution < -0.4 is 5.14 Å². The van der Waals surface area contributed by atoms with Gasteiger partial charge < -0.3 is 4.74 Å². The fraction of sp³-hybridized carbons (Fsp3) is 0.400. The molecule has 0 bridgehead atoms. The molecule has 0 aromatic carbocycles. The van der Waals surface area contributed by atoms with E-state index in [0.29, 0.717) is 6.42 Å². The van der Waals surface area contributed by atoms with Gasteiger partial charge in [0.2, 0.25) is 15.0 Å². The molecule has 0 amide bonds. The average molecular weight is 229 g/mol. The third kappa shape index (κ3) is 2.37. The molecule has 2 N–H and O–H groups in total. The van der Waals surface area contributed by atoms with E-state index < -0.39 is 15.0 Å². The van der Waals surface area contributed by atoms with E-state index in [0.717, 1.165) is 5.57 Å². The number of sulfonamides is 1. The van der Waals surface area contributed by atoms with E-state index in [1.54, 1.807) is 18.2 Å². The molecule has 0 fully saturated rings. The number of methoxy groups -OCH3 is 1. The Morgan fingerprint density at radius 3 is 2.73 bits per heavy atom. The zero-order chi connectivity index (χ0) is 11.5. The molecule has 0 radical (unpaired) electrons. The summed E-state index contributed by atoms with van der Waals surface area (Å²) in [5, 5.41) is 5.12. The molecule has 84 valence electrons. The van der Waals surface area contributed by atoms with E-state index in [4.69, 9.17) is 9.88 Å². The Kier molecular flexibility index (Phi) is 3.49. The first kappa shape index (κ1) is 12.2. The third-order valence-corrected chi connectivity index (χ3v) is 3.84. The Balaban J connectivity index is 2.96. The van der Waals surface area contributed by atoms with Crippen LogP contribution in [0.5, 0.6) is 0 Å². The van der Waals surface area contributed by atoms with Crippen molar-refractivity contribution in [3.63, 3.8) is 0 Å². The summed E-state index contributed by atoms with van der Waals surface area (Å²) in [7, 11) is -2.42. The number of rotatable bonds is 4. The fourth-order valence-electron chi connectivity index (χ4n) is 1.44. The molecule has 1 unspecified atom stereocenters. The molecular formula is C10H15NO3S. The second-order valence-corrected chi connectivity index (χ2v) is 5.15. The van der Waals surface area contributed by atoms with Crippen molar-refractivity contribution >= 4 is 10.0 Å². The molecule has 0 saturated carbocycles. The molecule has 0 saturated heterocycles. The largest absolute Gasteiger partial charge is 0.357 e. The van der Waals surface area contributed by atoms with Crippen LogP contribution in [0.15, 0.2) is 36.5 Å². The van der Waals surface area contributed by atoms with Crippen molar-refractivity contribution in [3.8, 4) is 0 Å². The SMILES string of the molecule is C=CCC1=CCC(OC)(S(N)(=O)=O)C=C1. The molecule has 15 heavy (non-hydrogen) atoms. The van der Waals surface area contributed by atoms with Crippen LogP contribution in [0.2, 0.25) is 0 Å². The van der Waals surface area contributed by atoms with Crippen LogP contribution in [0.1, 0.15) is 12.8 Å². The summed E-state index contributed by atoms with van der Waals surface area (Å²) in [5.74, 6) is 0. The van der Waals surface area contributed by atoms with Gasteiger partial charge in [-0.25, -0.2) is 13.6 Å². The number of nitrogens with two attached hydrogens (primary N) is 1. The molecular weight excluding hydrogens is 214 g/mol. The Morgan fingerprint density at radius 2 is 2.40 bits per heavy atom. The van der Waals surface area contributed by atoms with Gasteiger partial charge in [0.15, 0.2) is 0 Å². The fourth-order valence-corrected chi connectivity index (χ4v) is 2.25. The first-order chi connectivity index (χ1) is 6.95. The van der Waals surface area contributed by atoms with Gasteiger partial charge in [-0.05, 0) is 18.1 Å². The van der Waals surface area contributed by atoms with Crippen molar-refractivity contribution in [2.24, 2.45) is 5.14 Å². The van der Waals surface area contributed by atoms with Crippen molar-refractivity contribution in [1.82, 2.24) is 0 Å². The maximum absolute atomic E-state index is 11.4. The van der Waals surface area contributed by atoms with Gasteiger partial charge in [-0.15, -0.1) is 6.58 Å². The van der Waals surface area contributed by atoms with Crippen molar-refractivity contribution in [2.75, 3.05) is 7.11 Å². The number of hydrogen-bond donors (Lipinski definition) is 1. The minimum absolute atomic E-state index is 0.238. The Labute approximate surface area is 90.2 Å². The summed E-state index contributed by atoms with van der Waals surface area (Å²) >= 11 is 0. The number of ether oxygens (including phenoxy) is 1. The first-order valence-electron chi connectivity index (χ1n) is 4.52. The normalized spacial score (nSPS) is 26.1. The summed E-state index contributed by atoms with van der Waals surface area (Å²) in [6.07, 6.45) is 7.70. The van der Waals surface area contributed by atoms with E-state index in [1.807, 2.05) is 0 Å². The van der Waals surface area contributed by atoms with Crippen LogP contribution in [0, 0.1) is 0 Å².